The Balaban J connectivity index is 2.18. The number of benzene rings is 1. The first-order chi connectivity index (χ1) is 8.35. The molecule has 1 aromatic carbocycles. The molecule has 17 heavy (non-hydrogen) atoms. The van der Waals surface area contributed by atoms with Crippen LogP contribution in [-0.4, -0.2) is 30.4 Å². The van der Waals surface area contributed by atoms with Crippen LogP contribution in [0.25, 0.3) is 0 Å². The Hall–Kier alpha value is -1.81. The fraction of sp³-hybridized carbons (Fsp3) is 0.308. The zero-order valence-electron chi connectivity index (χ0n) is 9.50. The van der Waals surface area contributed by atoms with Crippen LogP contribution in [0.1, 0.15) is 11.1 Å². The van der Waals surface area contributed by atoms with Crippen LogP contribution in [-0.2, 0) is 15.9 Å². The first kappa shape index (κ1) is 11.7. The number of nitrogens with zero attached hydrogens (tertiary/aromatic N) is 1. The van der Waals surface area contributed by atoms with Crippen molar-refractivity contribution in [2.75, 3.05) is 13.2 Å². The minimum absolute atomic E-state index is 0.223. The van der Waals surface area contributed by atoms with Crippen LogP contribution in [0.4, 0.5) is 0 Å². The van der Waals surface area contributed by atoms with Gasteiger partial charge in [0.05, 0.1) is 12.7 Å². The first-order valence-corrected chi connectivity index (χ1v) is 5.50. The predicted octanol–water partition coefficient (Wildman–Crippen LogP) is 1.97. The van der Waals surface area contributed by atoms with Crippen LogP contribution in [0, 0.1) is 0 Å². The average molecular weight is 233 g/mol. The molecule has 1 atom stereocenters. The van der Waals surface area contributed by atoms with Gasteiger partial charge in [0.25, 0.3) is 5.90 Å². The van der Waals surface area contributed by atoms with Crippen molar-refractivity contribution < 1.29 is 14.7 Å². The van der Waals surface area contributed by atoms with Crippen molar-refractivity contribution in [1.82, 2.24) is 0 Å². The van der Waals surface area contributed by atoms with Crippen LogP contribution in [0.3, 0.4) is 0 Å². The van der Waals surface area contributed by atoms with Crippen molar-refractivity contribution in [3.05, 3.63) is 48.0 Å². The highest BCUT2D eigenvalue weighted by atomic mass is 16.6. The highest BCUT2D eigenvalue weighted by Crippen LogP contribution is 2.20. The molecule has 90 valence electrons. The van der Waals surface area contributed by atoms with Crippen molar-refractivity contribution in [2.45, 2.75) is 12.5 Å². The minimum Gasteiger partial charge on any atom is -0.471 e. The summed E-state index contributed by atoms with van der Waals surface area (Å²) in [5.41, 5.74) is 1.86. The summed E-state index contributed by atoms with van der Waals surface area (Å²) >= 11 is 0. The van der Waals surface area contributed by atoms with E-state index in [0.717, 1.165) is 24.2 Å². The summed E-state index contributed by atoms with van der Waals surface area (Å²) in [6, 6.07) is 7.69. The molecular formula is C13H15NO3. The van der Waals surface area contributed by atoms with Gasteiger partial charge in [0.15, 0.2) is 0 Å². The van der Waals surface area contributed by atoms with Crippen molar-refractivity contribution in [1.29, 1.82) is 0 Å². The van der Waals surface area contributed by atoms with Crippen molar-refractivity contribution >= 4 is 5.90 Å². The molecular weight excluding hydrogens is 218 g/mol. The second-order valence-corrected chi connectivity index (χ2v) is 3.82. The normalized spacial score (nSPS) is 18.8. The van der Waals surface area contributed by atoms with Gasteiger partial charge in [-0.15, -0.1) is 0 Å². The maximum atomic E-state index is 8.98. The molecule has 0 aromatic heterocycles. The van der Waals surface area contributed by atoms with Gasteiger partial charge in [0.2, 0.25) is 0 Å². The van der Waals surface area contributed by atoms with E-state index in [4.69, 9.17) is 14.7 Å². The van der Waals surface area contributed by atoms with E-state index in [0.29, 0.717) is 6.61 Å². The Morgan fingerprint density at radius 1 is 1.59 bits per heavy atom. The van der Waals surface area contributed by atoms with Crippen LogP contribution < -0.4 is 0 Å². The molecule has 1 fully saturated rings. The van der Waals surface area contributed by atoms with Crippen LogP contribution in [0.5, 0.6) is 0 Å². The van der Waals surface area contributed by atoms with Crippen LogP contribution >= 0.6 is 0 Å². The number of oxime groups is 1. The van der Waals surface area contributed by atoms with Crippen LogP contribution in [0.15, 0.2) is 42.1 Å². The monoisotopic (exact) mass is 233 g/mol. The molecule has 1 unspecified atom stereocenters. The number of rotatable bonds is 5. The molecule has 0 radical (unpaired) electrons. The second-order valence-electron chi connectivity index (χ2n) is 3.82. The fourth-order valence-corrected chi connectivity index (χ4v) is 1.64. The predicted molar refractivity (Wildman–Crippen MR) is 64.4 cm³/mol. The fourth-order valence-electron chi connectivity index (χ4n) is 1.64. The standard InChI is InChI=1S/C13H15NO3/c1-2-7-16-13(14-15)12-6-4-3-5-10(12)8-11-9-17-11/h2-6,11,15H,1,7-9H2. The molecule has 0 saturated carbocycles. The second kappa shape index (κ2) is 5.50. The molecule has 1 N–H and O–H groups in total. The molecule has 0 bridgehead atoms. The molecule has 1 aliphatic rings. The summed E-state index contributed by atoms with van der Waals surface area (Å²) in [6.07, 6.45) is 2.71. The molecule has 0 aliphatic carbocycles. The zero-order valence-corrected chi connectivity index (χ0v) is 9.50. The van der Waals surface area contributed by atoms with E-state index in [9.17, 15) is 0 Å². The Kier molecular flexibility index (Phi) is 3.77. The number of epoxide rings is 1. The number of hydrogen-bond donors (Lipinski definition) is 1. The van der Waals surface area contributed by atoms with Gasteiger partial charge in [-0.2, -0.15) is 0 Å². The van der Waals surface area contributed by atoms with E-state index in [2.05, 4.69) is 11.7 Å². The maximum Gasteiger partial charge on any atom is 0.257 e. The largest absolute Gasteiger partial charge is 0.471 e. The molecule has 0 spiro atoms. The van der Waals surface area contributed by atoms with E-state index >= 15 is 0 Å². The topological polar surface area (TPSA) is 54.4 Å². The lowest BCUT2D eigenvalue weighted by molar-refractivity contribution is 0.274. The third kappa shape index (κ3) is 3.07. The third-order valence-electron chi connectivity index (χ3n) is 2.53. The molecule has 1 saturated heterocycles. The summed E-state index contributed by atoms with van der Waals surface area (Å²) in [4.78, 5) is 0. The molecule has 4 nitrogen and oxygen atoms in total. The molecule has 1 aromatic rings. The summed E-state index contributed by atoms with van der Waals surface area (Å²) < 4.78 is 10.5. The number of hydrogen-bond acceptors (Lipinski definition) is 4. The van der Waals surface area contributed by atoms with E-state index in [1.807, 2.05) is 24.3 Å². The highest BCUT2D eigenvalue weighted by Gasteiger charge is 2.24. The van der Waals surface area contributed by atoms with Gasteiger partial charge in [0, 0.05) is 12.0 Å². The lowest BCUT2D eigenvalue weighted by Gasteiger charge is -2.10. The summed E-state index contributed by atoms with van der Waals surface area (Å²) in [7, 11) is 0. The van der Waals surface area contributed by atoms with Gasteiger partial charge in [-0.3, -0.25) is 0 Å². The molecule has 0 amide bonds. The smallest absolute Gasteiger partial charge is 0.257 e. The summed E-state index contributed by atoms with van der Waals surface area (Å²) in [5, 5.41) is 12.2. The van der Waals surface area contributed by atoms with E-state index in [1.165, 1.54) is 0 Å². The number of ether oxygens (including phenoxy) is 2. The van der Waals surface area contributed by atoms with Crippen molar-refractivity contribution in [2.24, 2.45) is 5.16 Å². The van der Waals surface area contributed by atoms with Gasteiger partial charge in [0.1, 0.15) is 6.61 Å². The van der Waals surface area contributed by atoms with E-state index in [1.54, 1.807) is 6.08 Å². The Labute approximate surface area is 100 Å². The minimum atomic E-state index is 0.223. The van der Waals surface area contributed by atoms with E-state index in [-0.39, 0.29) is 12.0 Å². The van der Waals surface area contributed by atoms with Gasteiger partial charge in [-0.1, -0.05) is 30.9 Å². The van der Waals surface area contributed by atoms with Gasteiger partial charge >= 0.3 is 0 Å². The quantitative estimate of drug-likeness (QED) is 0.211. The van der Waals surface area contributed by atoms with Gasteiger partial charge in [-0.05, 0) is 16.8 Å². The highest BCUT2D eigenvalue weighted by molar-refractivity contribution is 5.95. The molecule has 4 heteroatoms. The molecule has 1 heterocycles. The zero-order chi connectivity index (χ0) is 12.1. The Morgan fingerprint density at radius 2 is 2.35 bits per heavy atom. The SMILES string of the molecule is C=CCOC(=NO)c1ccccc1CC1CO1. The first-order valence-electron chi connectivity index (χ1n) is 5.50. The summed E-state index contributed by atoms with van der Waals surface area (Å²) in [6.45, 7) is 4.67. The van der Waals surface area contributed by atoms with Crippen molar-refractivity contribution in [3.63, 3.8) is 0 Å². The third-order valence-corrected chi connectivity index (χ3v) is 2.53. The van der Waals surface area contributed by atoms with Crippen LogP contribution in [0.2, 0.25) is 0 Å². The average Bonchev–Trinajstić information content (AvgIpc) is 3.16. The maximum absolute atomic E-state index is 8.98. The Morgan fingerprint density at radius 3 is 3.00 bits per heavy atom. The molecule has 1 aliphatic heterocycles. The van der Waals surface area contributed by atoms with Gasteiger partial charge in [-0.25, -0.2) is 0 Å². The molecule has 2 rings (SSSR count). The van der Waals surface area contributed by atoms with Gasteiger partial charge < -0.3 is 14.7 Å². The lowest BCUT2D eigenvalue weighted by Crippen LogP contribution is -2.11. The summed E-state index contributed by atoms with van der Waals surface area (Å²) in [5.74, 6) is 0.223. The van der Waals surface area contributed by atoms with E-state index < -0.39 is 0 Å². The Bertz CT molecular complexity index is 424. The van der Waals surface area contributed by atoms with Crippen molar-refractivity contribution in [3.8, 4) is 0 Å². The lowest BCUT2D eigenvalue weighted by atomic mass is 10.0.